The van der Waals surface area contributed by atoms with Crippen molar-refractivity contribution in [1.82, 2.24) is 9.47 Å². The number of nitrogens with one attached hydrogen (secondary N) is 1. The highest BCUT2D eigenvalue weighted by atomic mass is 35.5. The molecule has 4 nitrogen and oxygen atoms in total. The van der Waals surface area contributed by atoms with Crippen LogP contribution in [0.3, 0.4) is 0 Å². The predicted molar refractivity (Wildman–Crippen MR) is 123 cm³/mol. The molecule has 0 saturated heterocycles. The van der Waals surface area contributed by atoms with Gasteiger partial charge in [-0.25, -0.2) is 9.18 Å². The van der Waals surface area contributed by atoms with Crippen molar-refractivity contribution in [2.24, 2.45) is 0 Å². The molecule has 2 aromatic carbocycles. The van der Waals surface area contributed by atoms with Gasteiger partial charge in [0.15, 0.2) is 0 Å². The van der Waals surface area contributed by atoms with E-state index in [1.807, 2.05) is 35.4 Å². The molecule has 0 atom stereocenters. The van der Waals surface area contributed by atoms with Crippen molar-refractivity contribution in [2.75, 3.05) is 5.32 Å². The Hall–Kier alpha value is -2.79. The van der Waals surface area contributed by atoms with Gasteiger partial charge in [-0.15, -0.1) is 0 Å². The number of anilines is 1. The van der Waals surface area contributed by atoms with Gasteiger partial charge in [-0.3, -0.25) is 0 Å². The zero-order chi connectivity index (χ0) is 21.6. The van der Waals surface area contributed by atoms with E-state index in [1.165, 1.54) is 18.6 Å². The van der Waals surface area contributed by atoms with Crippen molar-refractivity contribution >= 4 is 23.3 Å². The summed E-state index contributed by atoms with van der Waals surface area (Å²) in [5, 5.41) is 3.61. The Labute approximate surface area is 187 Å². The second-order valence-corrected chi connectivity index (χ2v) is 8.55. The van der Waals surface area contributed by atoms with Gasteiger partial charge in [0.2, 0.25) is 0 Å². The van der Waals surface area contributed by atoms with Crippen LogP contribution in [0.4, 0.5) is 14.9 Å². The van der Waals surface area contributed by atoms with Crippen molar-refractivity contribution in [3.8, 4) is 0 Å². The van der Waals surface area contributed by atoms with E-state index in [0.29, 0.717) is 23.8 Å². The van der Waals surface area contributed by atoms with Crippen LogP contribution in [-0.4, -0.2) is 21.5 Å². The number of benzene rings is 2. The van der Waals surface area contributed by atoms with E-state index in [9.17, 15) is 9.18 Å². The quantitative estimate of drug-likeness (QED) is 0.456. The van der Waals surface area contributed by atoms with Crippen LogP contribution in [0.1, 0.15) is 43.4 Å². The van der Waals surface area contributed by atoms with Crippen molar-refractivity contribution in [2.45, 2.75) is 51.2 Å². The number of amides is 2. The molecular formula is C25H27ClFN3O. The van der Waals surface area contributed by atoms with Crippen molar-refractivity contribution < 1.29 is 9.18 Å². The molecule has 3 aromatic rings. The van der Waals surface area contributed by atoms with E-state index in [1.54, 1.807) is 24.3 Å². The van der Waals surface area contributed by atoms with Crippen molar-refractivity contribution in [1.29, 1.82) is 0 Å². The molecule has 0 bridgehead atoms. The Morgan fingerprint density at radius 2 is 1.84 bits per heavy atom. The van der Waals surface area contributed by atoms with E-state index in [2.05, 4.69) is 9.88 Å². The molecule has 1 aliphatic rings. The van der Waals surface area contributed by atoms with Gasteiger partial charge in [-0.2, -0.15) is 0 Å². The summed E-state index contributed by atoms with van der Waals surface area (Å²) < 4.78 is 15.4. The van der Waals surface area contributed by atoms with Gasteiger partial charge >= 0.3 is 6.03 Å². The lowest BCUT2D eigenvalue weighted by Gasteiger charge is -2.34. The summed E-state index contributed by atoms with van der Waals surface area (Å²) in [7, 11) is 0. The monoisotopic (exact) mass is 439 g/mol. The Morgan fingerprint density at radius 1 is 1.06 bits per heavy atom. The molecule has 162 valence electrons. The summed E-state index contributed by atoms with van der Waals surface area (Å²) in [4.78, 5) is 15.2. The van der Waals surface area contributed by atoms with Crippen LogP contribution in [0, 0.1) is 5.82 Å². The first-order chi connectivity index (χ1) is 15.1. The van der Waals surface area contributed by atoms with Gasteiger partial charge in [0.25, 0.3) is 0 Å². The molecule has 1 aliphatic carbocycles. The van der Waals surface area contributed by atoms with Gasteiger partial charge in [0, 0.05) is 35.2 Å². The fourth-order valence-electron chi connectivity index (χ4n) is 4.23. The molecule has 1 N–H and O–H groups in total. The lowest BCUT2D eigenvalue weighted by atomic mass is 9.94. The number of halogens is 2. The van der Waals surface area contributed by atoms with Gasteiger partial charge in [0.1, 0.15) is 5.82 Å². The minimum atomic E-state index is -0.238. The maximum absolute atomic E-state index is 13.3. The predicted octanol–water partition coefficient (Wildman–Crippen LogP) is 6.70. The molecule has 1 saturated carbocycles. The molecule has 2 amide bonds. The van der Waals surface area contributed by atoms with E-state index in [4.69, 9.17) is 11.6 Å². The zero-order valence-corrected chi connectivity index (χ0v) is 18.2. The molecule has 1 aromatic heterocycles. The lowest BCUT2D eigenvalue weighted by molar-refractivity contribution is 0.161. The van der Waals surface area contributed by atoms with E-state index >= 15 is 0 Å². The Kier molecular flexibility index (Phi) is 6.92. The minimum absolute atomic E-state index is 0.108. The number of hydrogen-bond acceptors (Lipinski definition) is 1. The topological polar surface area (TPSA) is 37.3 Å². The van der Waals surface area contributed by atoms with Crippen molar-refractivity contribution in [3.63, 3.8) is 0 Å². The molecule has 31 heavy (non-hydrogen) atoms. The molecule has 4 rings (SSSR count). The molecular weight excluding hydrogens is 413 g/mol. The number of urea groups is 1. The highest BCUT2D eigenvalue weighted by Crippen LogP contribution is 2.26. The van der Waals surface area contributed by atoms with E-state index < -0.39 is 0 Å². The molecule has 1 heterocycles. The van der Waals surface area contributed by atoms with Crippen LogP contribution < -0.4 is 5.32 Å². The molecule has 0 aliphatic heterocycles. The van der Waals surface area contributed by atoms with Crippen LogP contribution in [0.5, 0.6) is 0 Å². The van der Waals surface area contributed by atoms with Crippen LogP contribution in [0.15, 0.2) is 66.9 Å². The second-order valence-electron chi connectivity index (χ2n) is 8.11. The van der Waals surface area contributed by atoms with E-state index in [0.717, 1.165) is 36.9 Å². The molecule has 0 radical (unpaired) electrons. The Bertz CT molecular complexity index is 1010. The maximum Gasteiger partial charge on any atom is 0.322 e. The Balaban J connectivity index is 1.53. The smallest absolute Gasteiger partial charge is 0.322 e. The lowest BCUT2D eigenvalue weighted by Crippen LogP contribution is -2.43. The normalized spacial score (nSPS) is 14.4. The number of nitrogens with zero attached hydrogens (tertiary/aromatic N) is 2. The molecule has 0 unspecified atom stereocenters. The largest absolute Gasteiger partial charge is 0.345 e. The standard InChI is InChI=1S/C25H27ClFN3O/c26-20-6-4-7-22(16-20)28-25(31)30(23-8-2-1-3-9-23)18-24-10-5-15-29(24)17-19-11-13-21(27)14-12-19/h4-7,10-16,23H,1-3,8-9,17-18H2,(H,28,31). The third-order valence-electron chi connectivity index (χ3n) is 5.87. The number of rotatable bonds is 6. The summed E-state index contributed by atoms with van der Waals surface area (Å²) in [5.74, 6) is -0.238. The third kappa shape index (κ3) is 5.67. The SMILES string of the molecule is O=C(Nc1cccc(Cl)c1)N(Cc1cccn1Cc1ccc(F)cc1)C1CCCCC1. The first kappa shape index (κ1) is 21.4. The minimum Gasteiger partial charge on any atom is -0.345 e. The number of aromatic nitrogens is 1. The van der Waals surface area contributed by atoms with Crippen LogP contribution in [0.25, 0.3) is 0 Å². The highest BCUT2D eigenvalue weighted by Gasteiger charge is 2.26. The van der Waals surface area contributed by atoms with Crippen molar-refractivity contribution in [3.05, 3.63) is 89.0 Å². The molecule has 6 heteroatoms. The fraction of sp³-hybridized carbons (Fsp3) is 0.320. The summed E-state index contributed by atoms with van der Waals surface area (Å²) in [5.41, 5.74) is 2.77. The maximum atomic E-state index is 13.3. The summed E-state index contributed by atoms with van der Waals surface area (Å²) >= 11 is 6.09. The van der Waals surface area contributed by atoms with Gasteiger partial charge in [0.05, 0.1) is 6.54 Å². The Morgan fingerprint density at radius 3 is 2.58 bits per heavy atom. The molecule has 1 fully saturated rings. The number of carbonyl (C=O) groups excluding carboxylic acids is 1. The summed E-state index contributed by atoms with van der Waals surface area (Å²) in [6.07, 6.45) is 7.54. The third-order valence-corrected chi connectivity index (χ3v) is 6.11. The molecule has 0 spiro atoms. The van der Waals surface area contributed by atoms with Crippen LogP contribution in [-0.2, 0) is 13.1 Å². The summed E-state index contributed by atoms with van der Waals surface area (Å²) in [6, 6.07) is 17.9. The van der Waals surface area contributed by atoms with Crippen LogP contribution >= 0.6 is 11.6 Å². The zero-order valence-electron chi connectivity index (χ0n) is 17.4. The average molecular weight is 440 g/mol. The van der Waals surface area contributed by atoms with Crippen LogP contribution in [0.2, 0.25) is 5.02 Å². The first-order valence-electron chi connectivity index (χ1n) is 10.8. The van der Waals surface area contributed by atoms with Gasteiger partial charge in [-0.1, -0.05) is 49.1 Å². The summed E-state index contributed by atoms with van der Waals surface area (Å²) in [6.45, 7) is 1.16. The number of carbonyl (C=O) groups is 1. The average Bonchev–Trinajstić information content (AvgIpc) is 3.21. The van der Waals surface area contributed by atoms with E-state index in [-0.39, 0.29) is 17.9 Å². The first-order valence-corrected chi connectivity index (χ1v) is 11.2. The van der Waals surface area contributed by atoms with Gasteiger partial charge < -0.3 is 14.8 Å². The number of hydrogen-bond donors (Lipinski definition) is 1. The second kappa shape index (κ2) is 10.0. The highest BCUT2D eigenvalue weighted by molar-refractivity contribution is 6.30. The fourth-order valence-corrected chi connectivity index (χ4v) is 4.42. The van der Waals surface area contributed by atoms with Gasteiger partial charge in [-0.05, 0) is 60.9 Å².